The van der Waals surface area contributed by atoms with E-state index in [4.69, 9.17) is 0 Å². The lowest BCUT2D eigenvalue weighted by Crippen LogP contribution is -2.47. The highest BCUT2D eigenvalue weighted by Crippen LogP contribution is 2.37. The molecule has 7 nitrogen and oxygen atoms in total. The summed E-state index contributed by atoms with van der Waals surface area (Å²) in [6.07, 6.45) is 2.08. The summed E-state index contributed by atoms with van der Waals surface area (Å²) in [6.45, 7) is 7.61. The fourth-order valence-corrected chi connectivity index (χ4v) is 4.66. The quantitative estimate of drug-likeness (QED) is 0.582. The minimum Gasteiger partial charge on any atom is -0.343 e. The third kappa shape index (κ3) is 4.29. The van der Waals surface area contributed by atoms with Crippen LogP contribution in [-0.2, 0) is 19.8 Å². The van der Waals surface area contributed by atoms with Gasteiger partial charge in [-0.2, -0.15) is 0 Å². The van der Waals surface area contributed by atoms with Crippen molar-refractivity contribution < 1.29 is 19.6 Å². The Morgan fingerprint density at radius 2 is 1.83 bits per heavy atom. The van der Waals surface area contributed by atoms with Crippen molar-refractivity contribution in [2.45, 2.75) is 45.4 Å². The Labute approximate surface area is 172 Å². The van der Waals surface area contributed by atoms with E-state index in [1.54, 1.807) is 22.2 Å². The first-order chi connectivity index (χ1) is 13.8. The number of rotatable bonds is 5. The van der Waals surface area contributed by atoms with E-state index in [0.29, 0.717) is 38.9 Å². The second kappa shape index (κ2) is 8.53. The van der Waals surface area contributed by atoms with Gasteiger partial charge in [-0.25, -0.2) is 5.48 Å². The Hall–Kier alpha value is -2.41. The molecule has 2 heterocycles. The summed E-state index contributed by atoms with van der Waals surface area (Å²) < 4.78 is 0. The van der Waals surface area contributed by atoms with Crippen LogP contribution in [0.1, 0.15) is 44.2 Å². The van der Waals surface area contributed by atoms with Gasteiger partial charge in [-0.3, -0.25) is 19.6 Å². The van der Waals surface area contributed by atoms with E-state index in [9.17, 15) is 19.6 Å². The highest BCUT2D eigenvalue weighted by Gasteiger charge is 2.45. The molecule has 0 bridgehead atoms. The minimum atomic E-state index is -0.591. The number of carbonyl (C=O) groups is 3. The van der Waals surface area contributed by atoms with Gasteiger partial charge in [0.1, 0.15) is 0 Å². The molecule has 2 aliphatic rings. The summed E-state index contributed by atoms with van der Waals surface area (Å²) in [6, 6.07) is 8.04. The number of hydroxylamine groups is 1. The molecular formula is C22H31N3O4. The number of likely N-dealkylation sites (tertiary alicyclic amines) is 2. The fraction of sp³-hybridized carbons (Fsp3) is 0.591. The van der Waals surface area contributed by atoms with Crippen LogP contribution in [0.5, 0.6) is 0 Å². The van der Waals surface area contributed by atoms with Crippen LogP contribution in [-0.4, -0.2) is 58.9 Å². The Kier molecular flexibility index (Phi) is 6.27. The molecule has 1 aromatic carbocycles. The van der Waals surface area contributed by atoms with Gasteiger partial charge in [0.2, 0.25) is 17.7 Å². The summed E-state index contributed by atoms with van der Waals surface area (Å²) in [5.41, 5.74) is 3.34. The number of nitrogens with zero attached hydrogens (tertiary/aromatic N) is 2. The van der Waals surface area contributed by atoms with Gasteiger partial charge in [-0.15, -0.1) is 0 Å². The topological polar surface area (TPSA) is 90.0 Å². The average molecular weight is 402 g/mol. The van der Waals surface area contributed by atoms with Gasteiger partial charge in [0, 0.05) is 33.1 Å². The van der Waals surface area contributed by atoms with Crippen molar-refractivity contribution in [3.63, 3.8) is 0 Å². The highest BCUT2D eigenvalue weighted by molar-refractivity contribution is 5.90. The lowest BCUT2D eigenvalue weighted by Gasteiger charge is -2.36. The Morgan fingerprint density at radius 3 is 2.38 bits per heavy atom. The smallest absolute Gasteiger partial charge is 0.248 e. The van der Waals surface area contributed by atoms with E-state index < -0.39 is 17.2 Å². The lowest BCUT2D eigenvalue weighted by atomic mass is 9.80. The summed E-state index contributed by atoms with van der Waals surface area (Å²) in [7, 11) is 0. The lowest BCUT2D eigenvalue weighted by molar-refractivity contribution is -0.139. The maximum atomic E-state index is 13.3. The molecule has 29 heavy (non-hydrogen) atoms. The normalized spacial score (nSPS) is 23.9. The van der Waals surface area contributed by atoms with Crippen molar-refractivity contribution in [3.05, 3.63) is 35.4 Å². The first kappa shape index (κ1) is 21.3. The highest BCUT2D eigenvalue weighted by atomic mass is 16.5. The average Bonchev–Trinajstić information content (AvgIpc) is 3.01. The maximum absolute atomic E-state index is 13.3. The third-order valence-corrected chi connectivity index (χ3v) is 6.75. The number of carbonyl (C=O) groups excluding carboxylic acids is 3. The molecule has 0 spiro atoms. The zero-order valence-electron chi connectivity index (χ0n) is 17.5. The van der Waals surface area contributed by atoms with Gasteiger partial charge in [-0.05, 0) is 44.6 Å². The van der Waals surface area contributed by atoms with Crippen LogP contribution in [0.3, 0.4) is 0 Å². The molecule has 3 amide bonds. The van der Waals surface area contributed by atoms with Crippen molar-refractivity contribution in [3.8, 4) is 0 Å². The largest absolute Gasteiger partial charge is 0.343 e. The monoisotopic (exact) mass is 401 g/mol. The van der Waals surface area contributed by atoms with Crippen LogP contribution in [0, 0.1) is 18.8 Å². The summed E-state index contributed by atoms with van der Waals surface area (Å²) >= 11 is 0. The van der Waals surface area contributed by atoms with Crippen LogP contribution in [0.2, 0.25) is 0 Å². The molecule has 3 rings (SSSR count). The van der Waals surface area contributed by atoms with Crippen molar-refractivity contribution in [2.24, 2.45) is 11.8 Å². The van der Waals surface area contributed by atoms with Crippen LogP contribution in [0.25, 0.3) is 0 Å². The van der Waals surface area contributed by atoms with Crippen LogP contribution < -0.4 is 5.48 Å². The molecule has 2 aliphatic heterocycles. The fourth-order valence-electron chi connectivity index (χ4n) is 4.66. The third-order valence-electron chi connectivity index (χ3n) is 6.75. The second-order valence-corrected chi connectivity index (χ2v) is 8.63. The molecule has 1 aromatic rings. The molecular weight excluding hydrogens is 370 g/mol. The van der Waals surface area contributed by atoms with Gasteiger partial charge in [-0.1, -0.05) is 29.8 Å². The standard InChI is InChI=1S/C22H31N3O4/c1-15-4-6-18(7-5-15)22(3)10-13-25(21(22)28)14-19(20(27)23-29)17-8-11-24(12-9-17)16(2)26/h4-7,17,19,29H,8-14H2,1-3H3,(H,23,27). The molecule has 2 atom stereocenters. The number of benzene rings is 1. The number of amides is 3. The van der Waals surface area contributed by atoms with Crippen molar-refractivity contribution >= 4 is 17.7 Å². The van der Waals surface area contributed by atoms with Crippen molar-refractivity contribution in [2.75, 3.05) is 26.2 Å². The number of hydrogen-bond acceptors (Lipinski definition) is 4. The predicted molar refractivity (Wildman–Crippen MR) is 108 cm³/mol. The molecule has 2 N–H and O–H groups in total. The van der Waals surface area contributed by atoms with Gasteiger partial charge < -0.3 is 9.80 Å². The first-order valence-electron chi connectivity index (χ1n) is 10.3. The first-order valence-corrected chi connectivity index (χ1v) is 10.3. The number of nitrogens with one attached hydrogen (secondary N) is 1. The van der Waals surface area contributed by atoms with Crippen molar-refractivity contribution in [1.82, 2.24) is 15.3 Å². The van der Waals surface area contributed by atoms with E-state index in [1.807, 2.05) is 38.1 Å². The maximum Gasteiger partial charge on any atom is 0.248 e. The zero-order chi connectivity index (χ0) is 21.2. The van der Waals surface area contributed by atoms with E-state index in [1.165, 1.54) is 0 Å². The van der Waals surface area contributed by atoms with E-state index in [-0.39, 0.29) is 24.3 Å². The molecule has 158 valence electrons. The number of aryl methyl sites for hydroxylation is 1. The molecule has 0 aliphatic carbocycles. The molecule has 2 saturated heterocycles. The summed E-state index contributed by atoms with van der Waals surface area (Å²) in [4.78, 5) is 40.8. The Bertz CT molecular complexity index is 771. The number of piperidine rings is 1. The van der Waals surface area contributed by atoms with Gasteiger partial charge in [0.05, 0.1) is 11.3 Å². The van der Waals surface area contributed by atoms with Crippen molar-refractivity contribution in [1.29, 1.82) is 0 Å². The van der Waals surface area contributed by atoms with E-state index in [2.05, 4.69) is 0 Å². The number of hydrogen-bond donors (Lipinski definition) is 2. The van der Waals surface area contributed by atoms with Gasteiger partial charge >= 0.3 is 0 Å². The van der Waals surface area contributed by atoms with Crippen LogP contribution in [0.4, 0.5) is 0 Å². The molecule has 0 saturated carbocycles. The van der Waals surface area contributed by atoms with E-state index in [0.717, 1.165) is 11.1 Å². The summed E-state index contributed by atoms with van der Waals surface area (Å²) in [5, 5.41) is 9.26. The summed E-state index contributed by atoms with van der Waals surface area (Å²) in [5.74, 6) is -0.855. The van der Waals surface area contributed by atoms with Gasteiger partial charge in [0.25, 0.3) is 0 Å². The van der Waals surface area contributed by atoms with Crippen LogP contribution >= 0.6 is 0 Å². The predicted octanol–water partition coefficient (Wildman–Crippen LogP) is 1.87. The Morgan fingerprint density at radius 1 is 1.21 bits per heavy atom. The van der Waals surface area contributed by atoms with Crippen LogP contribution in [0.15, 0.2) is 24.3 Å². The SMILES string of the molecule is CC(=O)N1CCC(C(CN2CCC(C)(c3ccc(C)cc3)C2=O)C(=O)NO)CC1. The molecule has 0 aromatic heterocycles. The van der Waals surface area contributed by atoms with E-state index >= 15 is 0 Å². The second-order valence-electron chi connectivity index (χ2n) is 8.63. The molecule has 7 heteroatoms. The zero-order valence-corrected chi connectivity index (χ0v) is 17.5. The minimum absolute atomic E-state index is 0.0248. The Balaban J connectivity index is 1.72. The molecule has 2 unspecified atom stereocenters. The molecule has 2 fully saturated rings. The molecule has 0 radical (unpaired) electrons. The van der Waals surface area contributed by atoms with Gasteiger partial charge in [0.15, 0.2) is 0 Å².